The van der Waals surface area contributed by atoms with Gasteiger partial charge in [-0.2, -0.15) is 0 Å². The third-order valence-electron chi connectivity index (χ3n) is 2.82. The Hall–Kier alpha value is -1.98. The molecule has 2 amide bonds. The number of primary amides is 1. The molecule has 0 bridgehead atoms. The molecule has 1 fully saturated rings. The van der Waals surface area contributed by atoms with Gasteiger partial charge in [0.05, 0.1) is 5.69 Å². The van der Waals surface area contributed by atoms with Gasteiger partial charge in [0.25, 0.3) is 5.91 Å². The quantitative estimate of drug-likeness (QED) is 0.686. The van der Waals surface area contributed by atoms with Crippen LogP contribution in [0.5, 0.6) is 0 Å². The molecule has 0 aliphatic heterocycles. The molecule has 92 valence electrons. The number of carbonyl (C=O) groups is 2. The summed E-state index contributed by atoms with van der Waals surface area (Å²) < 4.78 is 1.86. The summed E-state index contributed by atoms with van der Waals surface area (Å²) in [6, 6.07) is 1.28. The van der Waals surface area contributed by atoms with Crippen LogP contribution in [0.3, 0.4) is 0 Å². The predicted octanol–water partition coefficient (Wildman–Crippen LogP) is 0.00880. The predicted molar refractivity (Wildman–Crippen MR) is 63.2 cm³/mol. The van der Waals surface area contributed by atoms with Crippen molar-refractivity contribution in [3.8, 4) is 0 Å². The summed E-state index contributed by atoms with van der Waals surface area (Å²) in [5.41, 5.74) is 11.8. The molecule has 2 rings (SSSR count). The molecule has 5 N–H and O–H groups in total. The number of nitrogens with one attached hydrogen (secondary N) is 1. The molecule has 0 spiro atoms. The smallest absolute Gasteiger partial charge is 0.268 e. The normalized spacial score (nSPS) is 16.5. The van der Waals surface area contributed by atoms with Crippen LogP contribution in [0.1, 0.15) is 36.3 Å². The van der Waals surface area contributed by atoms with E-state index in [2.05, 4.69) is 5.32 Å². The minimum atomic E-state index is -0.689. The van der Waals surface area contributed by atoms with Gasteiger partial charge < -0.3 is 21.4 Å². The molecule has 1 saturated carbocycles. The topological polar surface area (TPSA) is 103 Å². The van der Waals surface area contributed by atoms with E-state index in [4.69, 9.17) is 11.5 Å². The number of hydrogen-bond donors (Lipinski definition) is 3. The molecule has 0 saturated heterocycles. The van der Waals surface area contributed by atoms with Crippen molar-refractivity contribution in [2.45, 2.75) is 31.8 Å². The van der Waals surface area contributed by atoms with Crippen LogP contribution >= 0.6 is 0 Å². The Kier molecular flexibility index (Phi) is 2.79. The Labute approximate surface area is 99.0 Å². The van der Waals surface area contributed by atoms with E-state index in [1.807, 2.05) is 4.57 Å². The Balaban J connectivity index is 2.15. The monoisotopic (exact) mass is 236 g/mol. The fourth-order valence-electron chi connectivity index (χ4n) is 1.68. The molecule has 0 radical (unpaired) electrons. The van der Waals surface area contributed by atoms with Crippen molar-refractivity contribution in [3.63, 3.8) is 0 Å². The summed E-state index contributed by atoms with van der Waals surface area (Å²) in [5.74, 6) is -0.879. The summed E-state index contributed by atoms with van der Waals surface area (Å²) in [5, 5.41) is 2.54. The third kappa shape index (κ3) is 2.41. The summed E-state index contributed by atoms with van der Waals surface area (Å²) in [4.78, 5) is 22.8. The van der Waals surface area contributed by atoms with Crippen LogP contribution in [0.25, 0.3) is 0 Å². The van der Waals surface area contributed by atoms with Crippen LogP contribution in [-0.2, 0) is 4.79 Å². The van der Waals surface area contributed by atoms with Gasteiger partial charge in [-0.05, 0) is 25.8 Å². The Morgan fingerprint density at radius 3 is 2.71 bits per heavy atom. The molecule has 1 atom stereocenters. The van der Waals surface area contributed by atoms with E-state index in [1.165, 1.54) is 0 Å². The van der Waals surface area contributed by atoms with Crippen LogP contribution in [0.2, 0.25) is 0 Å². The van der Waals surface area contributed by atoms with Crippen LogP contribution in [-0.4, -0.2) is 22.4 Å². The molecule has 17 heavy (non-hydrogen) atoms. The van der Waals surface area contributed by atoms with Crippen LogP contribution in [0.4, 0.5) is 5.69 Å². The lowest BCUT2D eigenvalue weighted by atomic mass is 10.3. The van der Waals surface area contributed by atoms with Gasteiger partial charge in [0.15, 0.2) is 0 Å². The number of nitrogens with zero attached hydrogens (tertiary/aromatic N) is 1. The second kappa shape index (κ2) is 4.12. The molecular formula is C11H16N4O2. The first-order chi connectivity index (χ1) is 7.99. The lowest BCUT2D eigenvalue weighted by Gasteiger charge is -2.11. The largest absolute Gasteiger partial charge is 0.397 e. The minimum absolute atomic E-state index is 0.320. The highest BCUT2D eigenvalue weighted by atomic mass is 16.2. The lowest BCUT2D eigenvalue weighted by molar-refractivity contribution is -0.119. The van der Waals surface area contributed by atoms with Crippen LogP contribution in [0.15, 0.2) is 12.3 Å². The molecule has 1 aliphatic carbocycles. The fourth-order valence-corrected chi connectivity index (χ4v) is 1.68. The SMILES string of the molecule is CC(NC(=O)c1cc(N)cn1C1CC1)C(N)=O. The van der Waals surface area contributed by atoms with Crippen molar-refractivity contribution >= 4 is 17.5 Å². The van der Waals surface area contributed by atoms with E-state index in [0.29, 0.717) is 17.4 Å². The van der Waals surface area contributed by atoms with Crippen LogP contribution < -0.4 is 16.8 Å². The van der Waals surface area contributed by atoms with Crippen molar-refractivity contribution in [1.29, 1.82) is 0 Å². The summed E-state index contributed by atoms with van der Waals surface area (Å²) in [7, 11) is 0. The number of amides is 2. The average Bonchev–Trinajstić information content (AvgIpc) is 3.01. The molecule has 1 aromatic rings. The molecule has 1 aromatic heterocycles. The van der Waals surface area contributed by atoms with Gasteiger partial charge in [-0.15, -0.1) is 0 Å². The van der Waals surface area contributed by atoms with E-state index < -0.39 is 11.9 Å². The Bertz CT molecular complexity index is 462. The molecule has 1 aliphatic rings. The van der Waals surface area contributed by atoms with Gasteiger partial charge in [0.2, 0.25) is 5.91 Å². The summed E-state index contributed by atoms with van der Waals surface area (Å²) in [6.45, 7) is 1.55. The van der Waals surface area contributed by atoms with E-state index in [0.717, 1.165) is 12.8 Å². The van der Waals surface area contributed by atoms with Crippen molar-refractivity contribution in [2.24, 2.45) is 5.73 Å². The molecule has 1 heterocycles. The van der Waals surface area contributed by atoms with Gasteiger partial charge in [-0.25, -0.2) is 0 Å². The minimum Gasteiger partial charge on any atom is -0.397 e. The highest BCUT2D eigenvalue weighted by molar-refractivity contribution is 5.96. The summed E-state index contributed by atoms with van der Waals surface area (Å²) >= 11 is 0. The number of nitrogen functional groups attached to an aromatic ring is 1. The Morgan fingerprint density at radius 1 is 1.53 bits per heavy atom. The number of aromatic nitrogens is 1. The van der Waals surface area contributed by atoms with Crippen LogP contribution in [0, 0.1) is 0 Å². The van der Waals surface area contributed by atoms with Gasteiger partial charge >= 0.3 is 0 Å². The van der Waals surface area contributed by atoms with Crippen molar-refractivity contribution in [2.75, 3.05) is 5.73 Å². The second-order valence-electron chi connectivity index (χ2n) is 4.39. The maximum absolute atomic E-state index is 11.9. The van der Waals surface area contributed by atoms with Crippen molar-refractivity contribution in [1.82, 2.24) is 9.88 Å². The van der Waals surface area contributed by atoms with E-state index in [1.54, 1.807) is 19.2 Å². The molecular weight excluding hydrogens is 220 g/mol. The van der Waals surface area contributed by atoms with E-state index >= 15 is 0 Å². The lowest BCUT2D eigenvalue weighted by Crippen LogP contribution is -2.42. The first-order valence-electron chi connectivity index (χ1n) is 5.56. The number of carbonyl (C=O) groups excluding carboxylic acids is 2. The van der Waals surface area contributed by atoms with E-state index in [-0.39, 0.29) is 5.91 Å². The highest BCUT2D eigenvalue weighted by Crippen LogP contribution is 2.37. The number of nitrogens with two attached hydrogens (primary N) is 2. The van der Waals surface area contributed by atoms with Gasteiger partial charge in [0, 0.05) is 12.2 Å². The highest BCUT2D eigenvalue weighted by Gasteiger charge is 2.28. The fraction of sp³-hybridized carbons (Fsp3) is 0.455. The van der Waals surface area contributed by atoms with E-state index in [9.17, 15) is 9.59 Å². The maximum atomic E-state index is 11.9. The number of rotatable bonds is 4. The molecule has 6 heteroatoms. The zero-order valence-corrected chi connectivity index (χ0v) is 9.64. The van der Waals surface area contributed by atoms with Crippen molar-refractivity contribution in [3.05, 3.63) is 18.0 Å². The summed E-state index contributed by atoms with van der Waals surface area (Å²) in [6.07, 6.45) is 3.86. The zero-order valence-electron chi connectivity index (χ0n) is 9.64. The van der Waals surface area contributed by atoms with Gasteiger partial charge in [-0.1, -0.05) is 0 Å². The second-order valence-corrected chi connectivity index (χ2v) is 4.39. The maximum Gasteiger partial charge on any atom is 0.268 e. The van der Waals surface area contributed by atoms with Gasteiger partial charge in [-0.3, -0.25) is 9.59 Å². The van der Waals surface area contributed by atoms with Crippen molar-refractivity contribution < 1.29 is 9.59 Å². The number of anilines is 1. The average molecular weight is 236 g/mol. The Morgan fingerprint density at radius 2 is 2.18 bits per heavy atom. The first-order valence-corrected chi connectivity index (χ1v) is 5.56. The molecule has 1 unspecified atom stereocenters. The zero-order chi connectivity index (χ0) is 12.6. The third-order valence-corrected chi connectivity index (χ3v) is 2.82. The van der Waals surface area contributed by atoms with Gasteiger partial charge in [0.1, 0.15) is 11.7 Å². The molecule has 0 aromatic carbocycles. The standard InChI is InChI=1S/C11H16N4O2/c1-6(10(13)16)14-11(17)9-4-7(12)5-15(9)8-2-3-8/h4-6,8H,2-3,12H2,1H3,(H2,13,16)(H,14,17). The number of hydrogen-bond acceptors (Lipinski definition) is 3. The molecule has 6 nitrogen and oxygen atoms in total. The first kappa shape index (κ1) is 11.5.